The van der Waals surface area contributed by atoms with Gasteiger partial charge in [-0.15, -0.1) is 0 Å². The lowest BCUT2D eigenvalue weighted by Crippen LogP contribution is -2.52. The quantitative estimate of drug-likeness (QED) is 0.565. The molecule has 2 aliphatic heterocycles. The van der Waals surface area contributed by atoms with Gasteiger partial charge >= 0.3 is 0 Å². The van der Waals surface area contributed by atoms with Gasteiger partial charge in [0.2, 0.25) is 12.3 Å². The Morgan fingerprint density at radius 3 is 2.40 bits per heavy atom. The normalized spacial score (nSPS) is 21.7. The molecule has 1 aromatic carbocycles. The number of amides is 3. The number of carbonyl (C=O) groups is 3. The topological polar surface area (TPSA) is 70.2 Å². The van der Waals surface area contributed by atoms with Gasteiger partial charge in [0, 0.05) is 26.2 Å². The molecule has 3 amide bonds. The lowest BCUT2D eigenvalue weighted by Gasteiger charge is -2.35. The van der Waals surface area contributed by atoms with Crippen molar-refractivity contribution in [2.45, 2.75) is 25.8 Å². The molecule has 1 atom stereocenters. The van der Waals surface area contributed by atoms with E-state index in [9.17, 15) is 14.4 Å². The molecule has 2 fully saturated rings. The van der Waals surface area contributed by atoms with Crippen molar-refractivity contribution in [1.82, 2.24) is 9.80 Å². The fourth-order valence-electron chi connectivity index (χ4n) is 3.24. The molecular formula is C18H23N3O4. The van der Waals surface area contributed by atoms with Crippen molar-refractivity contribution in [1.29, 1.82) is 0 Å². The molecule has 25 heavy (non-hydrogen) atoms. The highest BCUT2D eigenvalue weighted by Gasteiger charge is 2.43. The molecule has 0 saturated carbocycles. The van der Waals surface area contributed by atoms with Gasteiger partial charge in [0.25, 0.3) is 5.91 Å². The number of benzene rings is 1. The molecule has 3 rings (SSSR count). The predicted molar refractivity (Wildman–Crippen MR) is 92.3 cm³/mol. The van der Waals surface area contributed by atoms with Crippen LogP contribution in [0.2, 0.25) is 0 Å². The minimum absolute atomic E-state index is 0.185. The second kappa shape index (κ2) is 7.65. The SMILES string of the molecule is CCCOc1ccc(N2C(=O)C[C@@H](N3CCN(C=O)CC3)C2=O)cc1. The van der Waals surface area contributed by atoms with E-state index in [4.69, 9.17) is 4.74 Å². The fourth-order valence-corrected chi connectivity index (χ4v) is 3.24. The monoisotopic (exact) mass is 345 g/mol. The Balaban J connectivity index is 1.68. The first-order valence-electron chi connectivity index (χ1n) is 8.67. The zero-order chi connectivity index (χ0) is 17.8. The molecule has 2 aliphatic rings. The largest absolute Gasteiger partial charge is 0.494 e. The average Bonchev–Trinajstić information content (AvgIpc) is 2.95. The van der Waals surface area contributed by atoms with Crippen LogP contribution in [-0.4, -0.2) is 66.9 Å². The van der Waals surface area contributed by atoms with Crippen LogP contribution in [0.15, 0.2) is 24.3 Å². The number of rotatable bonds is 6. The summed E-state index contributed by atoms with van der Waals surface area (Å²) in [5.74, 6) is 0.355. The third kappa shape index (κ3) is 3.66. The van der Waals surface area contributed by atoms with E-state index in [1.54, 1.807) is 29.2 Å². The van der Waals surface area contributed by atoms with Crippen molar-refractivity contribution >= 4 is 23.9 Å². The summed E-state index contributed by atoms with van der Waals surface area (Å²) in [6.07, 6.45) is 1.94. The van der Waals surface area contributed by atoms with Gasteiger partial charge in [-0.3, -0.25) is 19.3 Å². The zero-order valence-electron chi connectivity index (χ0n) is 14.4. The Kier molecular flexibility index (Phi) is 5.33. The second-order valence-corrected chi connectivity index (χ2v) is 6.31. The first-order valence-corrected chi connectivity index (χ1v) is 8.67. The summed E-state index contributed by atoms with van der Waals surface area (Å²) in [7, 11) is 0. The van der Waals surface area contributed by atoms with Crippen LogP contribution in [0.4, 0.5) is 5.69 Å². The van der Waals surface area contributed by atoms with Gasteiger partial charge in [0.05, 0.1) is 24.8 Å². The van der Waals surface area contributed by atoms with Crippen molar-refractivity contribution in [2.24, 2.45) is 0 Å². The molecule has 0 N–H and O–H groups in total. The Hall–Kier alpha value is -2.41. The van der Waals surface area contributed by atoms with Crippen LogP contribution in [0.1, 0.15) is 19.8 Å². The first kappa shape index (κ1) is 17.4. The number of ether oxygens (including phenoxy) is 1. The fraction of sp³-hybridized carbons (Fsp3) is 0.500. The summed E-state index contributed by atoms with van der Waals surface area (Å²) in [4.78, 5) is 40.9. The first-order chi connectivity index (χ1) is 12.1. The van der Waals surface area contributed by atoms with E-state index in [0.29, 0.717) is 38.5 Å². The van der Waals surface area contributed by atoms with Crippen LogP contribution in [0.5, 0.6) is 5.75 Å². The van der Waals surface area contributed by atoms with Crippen molar-refractivity contribution in [2.75, 3.05) is 37.7 Å². The van der Waals surface area contributed by atoms with Gasteiger partial charge in [0.15, 0.2) is 0 Å². The third-order valence-electron chi connectivity index (χ3n) is 4.63. The number of hydrogen-bond donors (Lipinski definition) is 0. The number of imide groups is 1. The van der Waals surface area contributed by atoms with E-state index in [1.807, 2.05) is 11.8 Å². The van der Waals surface area contributed by atoms with Crippen LogP contribution in [0.25, 0.3) is 0 Å². The summed E-state index contributed by atoms with van der Waals surface area (Å²) >= 11 is 0. The van der Waals surface area contributed by atoms with Gasteiger partial charge in [-0.25, -0.2) is 4.90 Å². The van der Waals surface area contributed by atoms with Crippen LogP contribution in [-0.2, 0) is 14.4 Å². The van der Waals surface area contributed by atoms with E-state index in [2.05, 4.69) is 0 Å². The summed E-state index contributed by atoms with van der Waals surface area (Å²) in [5, 5.41) is 0. The lowest BCUT2D eigenvalue weighted by atomic mass is 10.2. The Morgan fingerprint density at radius 2 is 1.80 bits per heavy atom. The molecule has 7 nitrogen and oxygen atoms in total. The zero-order valence-corrected chi connectivity index (χ0v) is 14.4. The number of hydrogen-bond acceptors (Lipinski definition) is 5. The van der Waals surface area contributed by atoms with Crippen LogP contribution in [0.3, 0.4) is 0 Å². The molecule has 2 saturated heterocycles. The molecule has 0 unspecified atom stereocenters. The molecule has 2 heterocycles. The second-order valence-electron chi connectivity index (χ2n) is 6.31. The number of piperazine rings is 1. The number of nitrogens with zero attached hydrogens (tertiary/aromatic N) is 3. The van der Waals surface area contributed by atoms with E-state index in [0.717, 1.165) is 18.6 Å². The highest BCUT2D eigenvalue weighted by molar-refractivity contribution is 6.22. The summed E-state index contributed by atoms with van der Waals surface area (Å²) in [6.45, 7) is 5.07. The highest BCUT2D eigenvalue weighted by atomic mass is 16.5. The molecule has 0 aromatic heterocycles. The van der Waals surface area contributed by atoms with Crippen molar-refractivity contribution in [3.05, 3.63) is 24.3 Å². The molecule has 0 radical (unpaired) electrons. The van der Waals surface area contributed by atoms with E-state index in [1.165, 1.54) is 4.90 Å². The van der Waals surface area contributed by atoms with Gasteiger partial charge < -0.3 is 9.64 Å². The molecule has 0 spiro atoms. The van der Waals surface area contributed by atoms with Crippen molar-refractivity contribution < 1.29 is 19.1 Å². The molecular weight excluding hydrogens is 322 g/mol. The Labute approximate surface area is 147 Å². The van der Waals surface area contributed by atoms with E-state index in [-0.39, 0.29) is 18.2 Å². The Bertz CT molecular complexity index is 638. The summed E-state index contributed by atoms with van der Waals surface area (Å²) in [5.41, 5.74) is 0.577. The van der Waals surface area contributed by atoms with Gasteiger partial charge in [0.1, 0.15) is 5.75 Å². The third-order valence-corrected chi connectivity index (χ3v) is 4.63. The Morgan fingerprint density at radius 1 is 1.12 bits per heavy atom. The molecule has 7 heteroatoms. The molecule has 1 aromatic rings. The maximum atomic E-state index is 12.8. The van der Waals surface area contributed by atoms with Gasteiger partial charge in [-0.2, -0.15) is 0 Å². The van der Waals surface area contributed by atoms with Crippen molar-refractivity contribution in [3.8, 4) is 5.75 Å². The average molecular weight is 345 g/mol. The predicted octanol–water partition coefficient (Wildman–Crippen LogP) is 0.881. The molecule has 0 bridgehead atoms. The molecule has 134 valence electrons. The lowest BCUT2D eigenvalue weighted by molar-refractivity contribution is -0.124. The van der Waals surface area contributed by atoms with E-state index < -0.39 is 6.04 Å². The number of carbonyl (C=O) groups excluding carboxylic acids is 3. The smallest absolute Gasteiger partial charge is 0.251 e. The number of anilines is 1. The van der Waals surface area contributed by atoms with Gasteiger partial charge in [-0.1, -0.05) is 6.92 Å². The highest BCUT2D eigenvalue weighted by Crippen LogP contribution is 2.27. The summed E-state index contributed by atoms with van der Waals surface area (Å²) < 4.78 is 5.53. The standard InChI is InChI=1S/C18H23N3O4/c1-2-11-25-15-5-3-14(4-6-15)21-17(23)12-16(18(21)24)20-9-7-19(13-22)8-10-20/h3-6,13,16H,2,7-12H2,1H3/t16-/m1/s1. The minimum atomic E-state index is -0.433. The van der Waals surface area contributed by atoms with Crippen LogP contribution in [0, 0.1) is 0 Å². The maximum absolute atomic E-state index is 12.8. The van der Waals surface area contributed by atoms with Crippen molar-refractivity contribution in [3.63, 3.8) is 0 Å². The van der Waals surface area contributed by atoms with E-state index >= 15 is 0 Å². The minimum Gasteiger partial charge on any atom is -0.494 e. The van der Waals surface area contributed by atoms with Gasteiger partial charge in [-0.05, 0) is 30.7 Å². The van der Waals surface area contributed by atoms with Crippen LogP contribution < -0.4 is 9.64 Å². The maximum Gasteiger partial charge on any atom is 0.251 e. The molecule has 0 aliphatic carbocycles. The summed E-state index contributed by atoms with van der Waals surface area (Å²) in [6, 6.07) is 6.61. The van der Waals surface area contributed by atoms with Crippen LogP contribution >= 0.6 is 0 Å².